The van der Waals surface area contributed by atoms with Gasteiger partial charge in [0.25, 0.3) is 0 Å². The van der Waals surface area contributed by atoms with Gasteiger partial charge in [-0.1, -0.05) is 38.5 Å². The minimum atomic E-state index is -0.337. The number of ketones is 1. The van der Waals surface area contributed by atoms with Crippen LogP contribution >= 0.6 is 0 Å². The minimum Gasteiger partial charge on any atom is -0.340 e. The number of amides is 2. The quantitative estimate of drug-likeness (QED) is 0.796. The molecule has 0 aliphatic carbocycles. The maximum Gasteiger partial charge on any atom is 0.228 e. The summed E-state index contributed by atoms with van der Waals surface area (Å²) in [6.45, 7) is 11.3. The molecule has 152 valence electrons. The number of carbonyl (C=O) groups is 3. The van der Waals surface area contributed by atoms with Crippen LogP contribution in [0.4, 0.5) is 5.69 Å². The number of piperazine rings is 1. The normalized spacial score (nSPS) is 21.3. The van der Waals surface area contributed by atoms with Crippen LogP contribution in [0.2, 0.25) is 0 Å². The lowest BCUT2D eigenvalue weighted by atomic mass is 9.90. The third kappa shape index (κ3) is 4.61. The number of benzene rings is 1. The lowest BCUT2D eigenvalue weighted by molar-refractivity contribution is -0.138. The Hall–Kier alpha value is -2.21. The Morgan fingerprint density at radius 1 is 1.04 bits per heavy atom. The molecule has 6 heteroatoms. The molecule has 2 amide bonds. The molecule has 0 N–H and O–H groups in total. The van der Waals surface area contributed by atoms with E-state index in [1.165, 1.54) is 0 Å². The van der Waals surface area contributed by atoms with Gasteiger partial charge >= 0.3 is 0 Å². The van der Waals surface area contributed by atoms with Crippen LogP contribution in [0.5, 0.6) is 0 Å². The van der Waals surface area contributed by atoms with Crippen molar-refractivity contribution in [3.8, 4) is 0 Å². The fourth-order valence-corrected chi connectivity index (χ4v) is 3.67. The largest absolute Gasteiger partial charge is 0.340 e. The van der Waals surface area contributed by atoms with E-state index in [1.54, 1.807) is 4.90 Å². The third-order valence-corrected chi connectivity index (χ3v) is 5.71. The van der Waals surface area contributed by atoms with Crippen LogP contribution in [-0.2, 0) is 14.4 Å². The van der Waals surface area contributed by atoms with E-state index in [4.69, 9.17) is 0 Å². The highest BCUT2D eigenvalue weighted by atomic mass is 16.2. The number of hydrogen-bond acceptors (Lipinski definition) is 4. The Labute approximate surface area is 167 Å². The number of carbonyl (C=O) groups excluding carboxylic acids is 3. The van der Waals surface area contributed by atoms with Gasteiger partial charge in [0.15, 0.2) is 5.78 Å². The Kier molecular flexibility index (Phi) is 5.89. The second-order valence-electron chi connectivity index (χ2n) is 9.02. The maximum absolute atomic E-state index is 12.9. The van der Waals surface area contributed by atoms with E-state index in [9.17, 15) is 14.4 Å². The smallest absolute Gasteiger partial charge is 0.228 e. The Bertz CT molecular complexity index is 743. The summed E-state index contributed by atoms with van der Waals surface area (Å²) in [5, 5.41) is 0. The summed E-state index contributed by atoms with van der Waals surface area (Å²) in [6, 6.07) is 7.84. The van der Waals surface area contributed by atoms with Crippen molar-refractivity contribution in [3.63, 3.8) is 0 Å². The summed E-state index contributed by atoms with van der Waals surface area (Å²) in [5.74, 6) is 0.0142. The average molecular weight is 386 g/mol. The molecule has 1 aromatic carbocycles. The number of aryl methyl sites for hydroxylation is 1. The Morgan fingerprint density at radius 2 is 1.64 bits per heavy atom. The van der Waals surface area contributed by atoms with Gasteiger partial charge in [0.1, 0.15) is 0 Å². The van der Waals surface area contributed by atoms with E-state index in [-0.39, 0.29) is 35.4 Å². The zero-order valence-electron chi connectivity index (χ0n) is 17.4. The van der Waals surface area contributed by atoms with E-state index in [0.717, 1.165) is 11.3 Å². The predicted molar refractivity (Wildman–Crippen MR) is 109 cm³/mol. The second-order valence-corrected chi connectivity index (χ2v) is 9.02. The van der Waals surface area contributed by atoms with Crippen LogP contribution < -0.4 is 4.90 Å². The molecule has 2 aliphatic rings. The summed E-state index contributed by atoms with van der Waals surface area (Å²) >= 11 is 0. The van der Waals surface area contributed by atoms with Crippen LogP contribution in [0, 0.1) is 18.3 Å². The predicted octanol–water partition coefficient (Wildman–Crippen LogP) is 2.11. The number of hydrogen-bond donors (Lipinski definition) is 0. The van der Waals surface area contributed by atoms with Crippen LogP contribution in [0.1, 0.15) is 32.8 Å². The molecular formula is C22H31N3O3. The molecule has 2 saturated heterocycles. The lowest BCUT2D eigenvalue weighted by Crippen LogP contribution is -2.52. The van der Waals surface area contributed by atoms with Gasteiger partial charge in [-0.3, -0.25) is 19.3 Å². The van der Waals surface area contributed by atoms with Crippen molar-refractivity contribution in [1.29, 1.82) is 0 Å². The highest BCUT2D eigenvalue weighted by Gasteiger charge is 2.38. The van der Waals surface area contributed by atoms with Crippen molar-refractivity contribution in [2.24, 2.45) is 11.3 Å². The van der Waals surface area contributed by atoms with Crippen molar-refractivity contribution < 1.29 is 14.4 Å². The number of nitrogens with zero attached hydrogens (tertiary/aromatic N) is 3. The van der Waals surface area contributed by atoms with Gasteiger partial charge in [-0.15, -0.1) is 0 Å². The van der Waals surface area contributed by atoms with Gasteiger partial charge in [-0.25, -0.2) is 0 Å². The molecule has 1 unspecified atom stereocenters. The Balaban J connectivity index is 1.54. The molecule has 1 atom stereocenters. The highest BCUT2D eigenvalue weighted by Crippen LogP contribution is 2.27. The van der Waals surface area contributed by atoms with Gasteiger partial charge in [-0.05, 0) is 19.1 Å². The summed E-state index contributed by atoms with van der Waals surface area (Å²) < 4.78 is 0. The van der Waals surface area contributed by atoms with E-state index < -0.39 is 0 Å². The Morgan fingerprint density at radius 3 is 2.21 bits per heavy atom. The van der Waals surface area contributed by atoms with Crippen LogP contribution in [-0.4, -0.2) is 66.7 Å². The van der Waals surface area contributed by atoms with Gasteiger partial charge < -0.3 is 9.80 Å². The molecule has 1 aromatic rings. The van der Waals surface area contributed by atoms with Crippen molar-refractivity contribution >= 4 is 23.3 Å². The number of Topliss-reactive ketones (excluding diaryl/α,β-unsaturated/α-hetero) is 1. The van der Waals surface area contributed by atoms with Gasteiger partial charge in [-0.2, -0.15) is 0 Å². The first kappa shape index (κ1) is 20.5. The first-order chi connectivity index (χ1) is 13.1. The third-order valence-electron chi connectivity index (χ3n) is 5.71. The molecule has 0 saturated carbocycles. The average Bonchev–Trinajstić information content (AvgIpc) is 3.03. The fourth-order valence-electron chi connectivity index (χ4n) is 3.67. The summed E-state index contributed by atoms with van der Waals surface area (Å²) in [7, 11) is 0. The summed E-state index contributed by atoms with van der Waals surface area (Å²) in [4.78, 5) is 43.3. The fraction of sp³-hybridized carbons (Fsp3) is 0.591. The highest BCUT2D eigenvalue weighted by molar-refractivity contribution is 6.00. The first-order valence-corrected chi connectivity index (χ1v) is 10.1. The van der Waals surface area contributed by atoms with E-state index in [1.807, 2.05) is 56.9 Å². The van der Waals surface area contributed by atoms with Crippen molar-refractivity contribution in [2.45, 2.75) is 34.1 Å². The van der Waals surface area contributed by atoms with E-state index in [2.05, 4.69) is 4.90 Å². The molecule has 0 aromatic heterocycles. The zero-order chi connectivity index (χ0) is 20.5. The van der Waals surface area contributed by atoms with Crippen LogP contribution in [0.15, 0.2) is 24.3 Å². The molecule has 0 spiro atoms. The van der Waals surface area contributed by atoms with E-state index >= 15 is 0 Å². The number of anilines is 1. The molecule has 28 heavy (non-hydrogen) atoms. The second kappa shape index (κ2) is 8.03. The van der Waals surface area contributed by atoms with Gasteiger partial charge in [0.2, 0.25) is 11.8 Å². The van der Waals surface area contributed by atoms with Crippen LogP contribution in [0.3, 0.4) is 0 Å². The summed E-state index contributed by atoms with van der Waals surface area (Å²) in [5.41, 5.74) is 1.67. The van der Waals surface area contributed by atoms with Crippen LogP contribution in [0.25, 0.3) is 0 Å². The van der Waals surface area contributed by atoms with E-state index in [0.29, 0.717) is 39.3 Å². The lowest BCUT2D eigenvalue weighted by Gasteiger charge is -2.36. The van der Waals surface area contributed by atoms with Crippen molar-refractivity contribution in [1.82, 2.24) is 9.80 Å². The van der Waals surface area contributed by atoms with Gasteiger partial charge in [0.05, 0.1) is 12.5 Å². The van der Waals surface area contributed by atoms with Gasteiger partial charge in [0, 0.05) is 50.2 Å². The maximum atomic E-state index is 12.9. The molecular weight excluding hydrogens is 354 g/mol. The molecule has 2 fully saturated rings. The summed E-state index contributed by atoms with van der Waals surface area (Å²) in [6.07, 6.45) is 0.273. The molecule has 2 aliphatic heterocycles. The molecule has 6 nitrogen and oxygen atoms in total. The monoisotopic (exact) mass is 385 g/mol. The number of rotatable bonds is 4. The van der Waals surface area contributed by atoms with Crippen molar-refractivity contribution in [2.75, 3.05) is 44.2 Å². The first-order valence-electron chi connectivity index (χ1n) is 10.1. The molecule has 3 rings (SSSR count). The van der Waals surface area contributed by atoms with Crippen molar-refractivity contribution in [3.05, 3.63) is 29.8 Å². The molecule has 0 radical (unpaired) electrons. The minimum absolute atomic E-state index is 0.0108. The SMILES string of the molecule is Cc1ccc(N2CC(C(=O)N3CCN(CC(=O)C(C)(C)C)CC3)CC2=O)cc1. The molecule has 2 heterocycles. The molecule has 0 bridgehead atoms. The standard InChI is InChI=1S/C22H31N3O3/c1-16-5-7-18(8-6-16)25-14-17(13-20(25)27)21(28)24-11-9-23(10-12-24)15-19(26)22(2,3)4/h5-8,17H,9-15H2,1-4H3. The topological polar surface area (TPSA) is 60.9 Å². The zero-order valence-corrected chi connectivity index (χ0v) is 17.4.